The summed E-state index contributed by atoms with van der Waals surface area (Å²) < 4.78 is 0. The second kappa shape index (κ2) is 5.21. The maximum absolute atomic E-state index is 5.93. The molecule has 0 radical (unpaired) electrons. The molecule has 1 aliphatic carbocycles. The lowest BCUT2D eigenvalue weighted by Gasteiger charge is -2.29. The normalized spacial score (nSPS) is 26.8. The van der Waals surface area contributed by atoms with Crippen LogP contribution in [0.4, 0.5) is 0 Å². The summed E-state index contributed by atoms with van der Waals surface area (Å²) in [5.74, 6) is 0.445. The molecule has 0 aromatic rings. The number of hydrogen-bond acceptors (Lipinski definition) is 6. The van der Waals surface area contributed by atoms with E-state index in [-0.39, 0.29) is 23.9 Å². The van der Waals surface area contributed by atoms with E-state index >= 15 is 0 Å². The van der Waals surface area contributed by atoms with Crippen LogP contribution in [-0.4, -0.2) is 35.1 Å². The van der Waals surface area contributed by atoms with Crippen molar-refractivity contribution in [3.8, 4) is 0 Å². The molecule has 8 nitrogen and oxygen atoms in total. The van der Waals surface area contributed by atoms with Crippen molar-refractivity contribution in [1.82, 2.24) is 4.90 Å². The van der Waals surface area contributed by atoms with E-state index in [2.05, 4.69) is 15.0 Å². The number of rotatable bonds is 1. The highest BCUT2D eigenvalue weighted by molar-refractivity contribution is 6.04. The lowest BCUT2D eigenvalue weighted by Crippen LogP contribution is -2.57. The van der Waals surface area contributed by atoms with Gasteiger partial charge in [-0.1, -0.05) is 19.3 Å². The molecule has 1 atom stereocenters. The van der Waals surface area contributed by atoms with E-state index in [0.717, 1.165) is 12.8 Å². The first-order chi connectivity index (χ1) is 8.58. The van der Waals surface area contributed by atoms with E-state index in [1.54, 1.807) is 0 Å². The van der Waals surface area contributed by atoms with Gasteiger partial charge in [0.25, 0.3) is 0 Å². The molecule has 18 heavy (non-hydrogen) atoms. The van der Waals surface area contributed by atoms with Crippen molar-refractivity contribution in [2.24, 2.45) is 37.9 Å². The van der Waals surface area contributed by atoms with Crippen molar-refractivity contribution in [2.75, 3.05) is 0 Å². The summed E-state index contributed by atoms with van der Waals surface area (Å²) in [6.07, 6.45) is 4.97. The molecular formula is C10H20N8. The average Bonchev–Trinajstić information content (AvgIpc) is 2.28. The Hall–Kier alpha value is -1.83. The van der Waals surface area contributed by atoms with Gasteiger partial charge in [-0.2, -0.15) is 4.99 Å². The molecule has 0 amide bonds. The standard InChI is InChI=1S/C10H20N8/c11-7-16-9(13)18(10(14)17-7)8(12)15-6-4-2-1-3-5-6/h6,9H,1-5,13H2,(H2,12,15)(H4,11,14,16,17). The smallest absolute Gasteiger partial charge is 0.221 e. The van der Waals surface area contributed by atoms with Crippen LogP contribution in [0.3, 0.4) is 0 Å². The Kier molecular flexibility index (Phi) is 3.66. The van der Waals surface area contributed by atoms with Crippen molar-refractivity contribution < 1.29 is 0 Å². The molecule has 1 heterocycles. The van der Waals surface area contributed by atoms with Gasteiger partial charge in [-0.25, -0.2) is 14.9 Å². The third-order valence-electron chi connectivity index (χ3n) is 3.14. The molecule has 0 saturated heterocycles. The molecule has 1 unspecified atom stereocenters. The second-order valence-corrected chi connectivity index (χ2v) is 4.52. The third-order valence-corrected chi connectivity index (χ3v) is 3.14. The largest absolute Gasteiger partial charge is 0.369 e. The van der Waals surface area contributed by atoms with Crippen LogP contribution in [0.25, 0.3) is 0 Å². The summed E-state index contributed by atoms with van der Waals surface area (Å²) in [4.78, 5) is 13.6. The summed E-state index contributed by atoms with van der Waals surface area (Å²) in [5.41, 5.74) is 22.9. The molecule has 8 N–H and O–H groups in total. The van der Waals surface area contributed by atoms with Crippen LogP contribution >= 0.6 is 0 Å². The van der Waals surface area contributed by atoms with E-state index in [0.29, 0.717) is 0 Å². The Morgan fingerprint density at radius 1 is 1.22 bits per heavy atom. The monoisotopic (exact) mass is 252 g/mol. The Labute approximate surface area is 106 Å². The molecule has 0 bridgehead atoms. The molecular weight excluding hydrogens is 232 g/mol. The fraction of sp³-hybridized carbons (Fsp3) is 0.700. The molecule has 100 valence electrons. The van der Waals surface area contributed by atoms with Gasteiger partial charge in [0, 0.05) is 0 Å². The van der Waals surface area contributed by atoms with Gasteiger partial charge in [-0.15, -0.1) is 0 Å². The molecule has 2 aliphatic rings. The van der Waals surface area contributed by atoms with E-state index in [1.165, 1.54) is 24.2 Å². The highest BCUT2D eigenvalue weighted by Crippen LogP contribution is 2.20. The molecule has 2 rings (SSSR count). The van der Waals surface area contributed by atoms with Gasteiger partial charge in [0.1, 0.15) is 0 Å². The summed E-state index contributed by atoms with van der Waals surface area (Å²) in [6, 6.07) is 0.238. The summed E-state index contributed by atoms with van der Waals surface area (Å²) in [5, 5.41) is 0. The van der Waals surface area contributed by atoms with Crippen molar-refractivity contribution in [1.29, 1.82) is 0 Å². The van der Waals surface area contributed by atoms with Crippen LogP contribution in [0.1, 0.15) is 32.1 Å². The van der Waals surface area contributed by atoms with Crippen molar-refractivity contribution in [3.63, 3.8) is 0 Å². The Balaban J connectivity index is 2.10. The quantitative estimate of drug-likeness (QED) is 0.343. The highest BCUT2D eigenvalue weighted by atomic mass is 15.5. The maximum Gasteiger partial charge on any atom is 0.221 e. The first kappa shape index (κ1) is 12.6. The zero-order valence-corrected chi connectivity index (χ0v) is 10.3. The average molecular weight is 252 g/mol. The summed E-state index contributed by atoms with van der Waals surface area (Å²) in [6.45, 7) is 0. The lowest BCUT2D eigenvalue weighted by molar-refractivity contribution is 0.417. The second-order valence-electron chi connectivity index (χ2n) is 4.52. The molecule has 1 fully saturated rings. The molecule has 8 heteroatoms. The number of aliphatic imine (C=N–C) groups is 3. The first-order valence-corrected chi connectivity index (χ1v) is 6.13. The SMILES string of the molecule is NC1=NC(N)N(C(N)=NC2CCCCC2)C(N)=N1. The Morgan fingerprint density at radius 3 is 2.50 bits per heavy atom. The minimum absolute atomic E-state index is 0.0571. The van der Waals surface area contributed by atoms with Gasteiger partial charge in [0.15, 0.2) is 6.29 Å². The first-order valence-electron chi connectivity index (χ1n) is 6.13. The van der Waals surface area contributed by atoms with Gasteiger partial charge in [0.05, 0.1) is 6.04 Å². The fourth-order valence-corrected chi connectivity index (χ4v) is 2.24. The van der Waals surface area contributed by atoms with Crippen LogP contribution in [-0.2, 0) is 0 Å². The zero-order chi connectivity index (χ0) is 13.1. The fourth-order valence-electron chi connectivity index (χ4n) is 2.24. The highest BCUT2D eigenvalue weighted by Gasteiger charge is 2.25. The van der Waals surface area contributed by atoms with Crippen molar-refractivity contribution in [2.45, 2.75) is 44.4 Å². The number of guanidine groups is 3. The molecule has 1 aliphatic heterocycles. The van der Waals surface area contributed by atoms with Crippen LogP contribution < -0.4 is 22.9 Å². The van der Waals surface area contributed by atoms with Gasteiger partial charge >= 0.3 is 0 Å². The zero-order valence-electron chi connectivity index (χ0n) is 10.3. The van der Waals surface area contributed by atoms with Crippen LogP contribution in [0, 0.1) is 0 Å². The minimum atomic E-state index is -0.755. The molecule has 0 aromatic heterocycles. The third kappa shape index (κ3) is 2.70. The molecule has 0 spiro atoms. The van der Waals surface area contributed by atoms with Gasteiger partial charge < -0.3 is 17.2 Å². The summed E-state index contributed by atoms with van der Waals surface area (Å²) >= 11 is 0. The van der Waals surface area contributed by atoms with Crippen molar-refractivity contribution >= 4 is 17.9 Å². The summed E-state index contributed by atoms with van der Waals surface area (Å²) in [7, 11) is 0. The van der Waals surface area contributed by atoms with Gasteiger partial charge in [-0.05, 0) is 12.8 Å². The van der Waals surface area contributed by atoms with E-state index < -0.39 is 6.29 Å². The number of hydrogen-bond donors (Lipinski definition) is 4. The predicted molar refractivity (Wildman–Crippen MR) is 71.6 cm³/mol. The number of nitrogens with two attached hydrogens (primary N) is 4. The number of nitrogens with zero attached hydrogens (tertiary/aromatic N) is 4. The Morgan fingerprint density at radius 2 is 1.89 bits per heavy atom. The van der Waals surface area contributed by atoms with E-state index in [1.807, 2.05) is 0 Å². The lowest BCUT2D eigenvalue weighted by atomic mass is 9.96. The Bertz CT molecular complexity index is 393. The van der Waals surface area contributed by atoms with E-state index in [9.17, 15) is 0 Å². The van der Waals surface area contributed by atoms with Crippen LogP contribution in [0.15, 0.2) is 15.0 Å². The van der Waals surface area contributed by atoms with Crippen LogP contribution in [0.2, 0.25) is 0 Å². The predicted octanol–water partition coefficient (Wildman–Crippen LogP) is -1.18. The molecule has 1 saturated carbocycles. The molecule has 0 aromatic carbocycles. The minimum Gasteiger partial charge on any atom is -0.369 e. The van der Waals surface area contributed by atoms with Crippen LogP contribution in [0.5, 0.6) is 0 Å². The maximum atomic E-state index is 5.93. The van der Waals surface area contributed by atoms with Crippen molar-refractivity contribution in [3.05, 3.63) is 0 Å². The van der Waals surface area contributed by atoms with Gasteiger partial charge in [0.2, 0.25) is 17.9 Å². The van der Waals surface area contributed by atoms with E-state index in [4.69, 9.17) is 22.9 Å². The topological polar surface area (TPSA) is 144 Å². The van der Waals surface area contributed by atoms with Gasteiger partial charge in [-0.3, -0.25) is 5.73 Å².